The second kappa shape index (κ2) is 9.11. The molecule has 0 fully saturated rings. The van der Waals surface area contributed by atoms with Crippen LogP contribution in [-0.2, 0) is 11.8 Å². The van der Waals surface area contributed by atoms with E-state index in [-0.39, 0.29) is 18.3 Å². The second-order valence-electron chi connectivity index (χ2n) is 8.84. The number of benzene rings is 1. The van der Waals surface area contributed by atoms with E-state index < -0.39 is 5.60 Å². The lowest BCUT2D eigenvalue weighted by atomic mass is 9.90. The summed E-state index contributed by atoms with van der Waals surface area (Å²) in [5.74, 6) is 0.903. The number of aromatic nitrogens is 4. The molecule has 1 aliphatic rings. The van der Waals surface area contributed by atoms with E-state index in [2.05, 4.69) is 20.2 Å². The third kappa shape index (κ3) is 5.43. The number of anilines is 1. The Kier molecular flexibility index (Phi) is 6.24. The monoisotopic (exact) mass is 448 g/mol. The lowest BCUT2D eigenvalue weighted by Gasteiger charge is -2.26. The Balaban J connectivity index is 1.54. The molecule has 0 bridgehead atoms. The van der Waals surface area contributed by atoms with Gasteiger partial charge in [0, 0.05) is 37.7 Å². The van der Waals surface area contributed by atoms with Gasteiger partial charge in [0.25, 0.3) is 0 Å². The molecule has 0 saturated heterocycles. The van der Waals surface area contributed by atoms with Crippen LogP contribution in [-0.4, -0.2) is 55.1 Å². The largest absolute Gasteiger partial charge is 0.487 e. The van der Waals surface area contributed by atoms with Crippen molar-refractivity contribution in [3.8, 4) is 17.1 Å². The van der Waals surface area contributed by atoms with Crippen LogP contribution in [0.1, 0.15) is 38.7 Å². The summed E-state index contributed by atoms with van der Waals surface area (Å²) in [5, 5.41) is 20.5. The van der Waals surface area contributed by atoms with E-state index in [0.717, 1.165) is 16.8 Å². The molecule has 33 heavy (non-hydrogen) atoms. The summed E-state index contributed by atoms with van der Waals surface area (Å²) >= 11 is 0. The van der Waals surface area contributed by atoms with Gasteiger partial charge in [-0.3, -0.25) is 14.5 Å². The molecule has 1 aliphatic heterocycles. The van der Waals surface area contributed by atoms with E-state index in [4.69, 9.17) is 4.74 Å². The first kappa shape index (κ1) is 22.6. The van der Waals surface area contributed by atoms with Crippen LogP contribution in [0.4, 0.5) is 5.69 Å². The van der Waals surface area contributed by atoms with Gasteiger partial charge in [-0.1, -0.05) is 25.1 Å². The van der Waals surface area contributed by atoms with Crippen molar-refractivity contribution in [2.24, 2.45) is 12.1 Å². The Bertz CT molecular complexity index is 1160. The standard InChI is InChI=1S/C24H28N6O3/c1-16(22-21(31)8-9-30(28-22)19-11-27-29(4)14-19)17-6-5-7-18(10-17)23-25-12-20(13-26-23)33-15-24(2,3)32/h5-7,10-14,16,32H,8-9,15H2,1-4H3. The van der Waals surface area contributed by atoms with E-state index in [9.17, 15) is 9.90 Å². The summed E-state index contributed by atoms with van der Waals surface area (Å²) in [7, 11) is 1.85. The maximum atomic E-state index is 12.7. The van der Waals surface area contributed by atoms with E-state index in [1.54, 1.807) is 37.1 Å². The Morgan fingerprint density at radius 2 is 1.97 bits per heavy atom. The van der Waals surface area contributed by atoms with E-state index in [0.29, 0.717) is 30.3 Å². The van der Waals surface area contributed by atoms with Gasteiger partial charge in [-0.15, -0.1) is 0 Å². The molecule has 1 aromatic carbocycles. The van der Waals surface area contributed by atoms with E-state index in [1.165, 1.54) is 0 Å². The molecular formula is C24H28N6O3. The molecule has 1 N–H and O–H groups in total. The molecule has 9 heteroatoms. The fourth-order valence-corrected chi connectivity index (χ4v) is 3.53. The van der Waals surface area contributed by atoms with Crippen LogP contribution in [0.15, 0.2) is 54.2 Å². The van der Waals surface area contributed by atoms with Crippen LogP contribution < -0.4 is 9.75 Å². The number of aliphatic hydroxyl groups is 1. The molecule has 3 heterocycles. The number of hydrogen-bond donors (Lipinski definition) is 1. The number of nitrogens with zero attached hydrogens (tertiary/aromatic N) is 6. The zero-order valence-electron chi connectivity index (χ0n) is 19.3. The molecular weight excluding hydrogens is 420 g/mol. The van der Waals surface area contributed by atoms with Gasteiger partial charge in [0.05, 0.1) is 29.9 Å². The van der Waals surface area contributed by atoms with E-state index in [1.807, 2.05) is 49.4 Å². The molecule has 9 nitrogen and oxygen atoms in total. The number of hydrazone groups is 1. The first-order valence-electron chi connectivity index (χ1n) is 10.8. The highest BCUT2D eigenvalue weighted by molar-refractivity contribution is 6.42. The number of rotatable bonds is 7. The first-order chi connectivity index (χ1) is 15.7. The van der Waals surface area contributed by atoms with E-state index >= 15 is 0 Å². The average molecular weight is 449 g/mol. The summed E-state index contributed by atoms with van der Waals surface area (Å²) < 4.78 is 7.24. The number of ketones is 1. The molecule has 2 aromatic heterocycles. The number of aryl methyl sites for hydroxylation is 1. The van der Waals surface area contributed by atoms with Gasteiger partial charge in [-0.05, 0) is 25.5 Å². The van der Waals surface area contributed by atoms with Crippen molar-refractivity contribution in [1.82, 2.24) is 19.7 Å². The van der Waals surface area contributed by atoms with Crippen LogP contribution >= 0.6 is 0 Å². The second-order valence-corrected chi connectivity index (χ2v) is 8.84. The minimum absolute atomic E-state index is 0.0533. The Morgan fingerprint density at radius 3 is 2.64 bits per heavy atom. The van der Waals surface area contributed by atoms with Crippen LogP contribution in [0.5, 0.6) is 5.75 Å². The molecule has 0 aliphatic carbocycles. The lowest BCUT2D eigenvalue weighted by Crippen LogP contribution is -2.34. The third-order valence-electron chi connectivity index (χ3n) is 5.33. The molecule has 172 valence electrons. The number of hydrogen-bond acceptors (Lipinski definition) is 8. The summed E-state index contributed by atoms with van der Waals surface area (Å²) in [5.41, 5.74) is 2.25. The lowest BCUT2D eigenvalue weighted by molar-refractivity contribution is -0.113. The van der Waals surface area contributed by atoms with Crippen molar-refractivity contribution < 1.29 is 14.6 Å². The highest BCUT2D eigenvalue weighted by atomic mass is 16.5. The third-order valence-corrected chi connectivity index (χ3v) is 5.33. The Morgan fingerprint density at radius 1 is 1.21 bits per heavy atom. The zero-order chi connectivity index (χ0) is 23.6. The van der Waals surface area contributed by atoms with Crippen molar-refractivity contribution in [3.05, 3.63) is 54.6 Å². The van der Waals surface area contributed by atoms with Crippen molar-refractivity contribution in [3.63, 3.8) is 0 Å². The van der Waals surface area contributed by atoms with Gasteiger partial charge in [-0.2, -0.15) is 10.2 Å². The number of Topliss-reactive ketones (excluding diaryl/α,β-unsaturated/α-hetero) is 1. The maximum absolute atomic E-state index is 12.7. The summed E-state index contributed by atoms with van der Waals surface area (Å²) in [4.78, 5) is 21.5. The molecule has 1 unspecified atom stereocenters. The minimum Gasteiger partial charge on any atom is -0.487 e. The minimum atomic E-state index is -0.935. The van der Waals surface area contributed by atoms with Crippen molar-refractivity contribution in [2.45, 2.75) is 38.7 Å². The molecule has 0 spiro atoms. The number of carbonyl (C=O) groups is 1. The first-order valence-corrected chi connectivity index (χ1v) is 10.8. The van der Waals surface area contributed by atoms with Gasteiger partial charge in [0.15, 0.2) is 17.4 Å². The SMILES string of the molecule is CC(C1=NN(c2cnn(C)c2)CCC1=O)c1cccc(-c2ncc(OCC(C)(C)O)cn2)c1. The fraction of sp³-hybridized carbons (Fsp3) is 0.375. The quantitative estimate of drug-likeness (QED) is 0.592. The number of ether oxygens (including phenoxy) is 1. The van der Waals surface area contributed by atoms with Gasteiger partial charge in [-0.25, -0.2) is 9.97 Å². The van der Waals surface area contributed by atoms with Crippen LogP contribution in [0.3, 0.4) is 0 Å². The molecule has 3 aromatic rings. The molecule has 0 amide bonds. The smallest absolute Gasteiger partial charge is 0.181 e. The molecule has 4 rings (SSSR count). The normalized spacial score (nSPS) is 15.4. The van der Waals surface area contributed by atoms with Gasteiger partial charge in [0.2, 0.25) is 0 Å². The molecule has 0 radical (unpaired) electrons. The Hall–Kier alpha value is -3.59. The average Bonchev–Trinajstić information content (AvgIpc) is 3.24. The van der Waals surface area contributed by atoms with Crippen LogP contribution in [0, 0.1) is 0 Å². The van der Waals surface area contributed by atoms with Gasteiger partial charge in [0.1, 0.15) is 12.3 Å². The van der Waals surface area contributed by atoms with Crippen LogP contribution in [0.2, 0.25) is 0 Å². The predicted molar refractivity (Wildman–Crippen MR) is 125 cm³/mol. The topological polar surface area (TPSA) is 106 Å². The molecule has 0 saturated carbocycles. The summed E-state index contributed by atoms with van der Waals surface area (Å²) in [6.45, 7) is 6.01. The highest BCUT2D eigenvalue weighted by Gasteiger charge is 2.27. The van der Waals surface area contributed by atoms with Gasteiger partial charge >= 0.3 is 0 Å². The summed E-state index contributed by atoms with van der Waals surface area (Å²) in [6.07, 6.45) is 7.21. The summed E-state index contributed by atoms with van der Waals surface area (Å²) in [6, 6.07) is 7.81. The predicted octanol–water partition coefficient (Wildman–Crippen LogP) is 2.97. The molecule has 1 atom stereocenters. The van der Waals surface area contributed by atoms with Gasteiger partial charge < -0.3 is 9.84 Å². The van der Waals surface area contributed by atoms with Crippen molar-refractivity contribution >= 4 is 17.2 Å². The highest BCUT2D eigenvalue weighted by Crippen LogP contribution is 2.27. The van der Waals surface area contributed by atoms with Crippen molar-refractivity contribution in [1.29, 1.82) is 0 Å². The van der Waals surface area contributed by atoms with Crippen molar-refractivity contribution in [2.75, 3.05) is 18.2 Å². The maximum Gasteiger partial charge on any atom is 0.181 e. The Labute approximate surface area is 192 Å². The zero-order valence-corrected chi connectivity index (χ0v) is 19.3. The number of carbonyl (C=O) groups excluding carboxylic acids is 1. The van der Waals surface area contributed by atoms with Crippen LogP contribution in [0.25, 0.3) is 11.4 Å². The fourth-order valence-electron chi connectivity index (χ4n) is 3.53.